The molecule has 23 heavy (non-hydrogen) atoms. The number of carbonyl (C=O) groups is 2. The third kappa shape index (κ3) is 4.35. The molecule has 0 radical (unpaired) electrons. The summed E-state index contributed by atoms with van der Waals surface area (Å²) in [6, 6.07) is 3.02. The Balaban J connectivity index is 2.10. The quantitative estimate of drug-likeness (QED) is 0.698. The van der Waals surface area contributed by atoms with E-state index in [0.717, 1.165) is 25.9 Å². The summed E-state index contributed by atoms with van der Waals surface area (Å²) in [6.07, 6.45) is 2.31. The molecule has 1 saturated heterocycles. The van der Waals surface area contributed by atoms with Crippen molar-refractivity contribution in [1.82, 2.24) is 5.32 Å². The van der Waals surface area contributed by atoms with Crippen molar-refractivity contribution >= 4 is 17.5 Å². The Kier molecular flexibility index (Phi) is 5.81. The summed E-state index contributed by atoms with van der Waals surface area (Å²) in [7, 11) is 2.96. The fraction of sp³-hybridized carbons (Fsp3) is 0.500. The lowest BCUT2D eigenvalue weighted by Gasteiger charge is -2.14. The van der Waals surface area contributed by atoms with E-state index >= 15 is 0 Å². The molecule has 1 aliphatic heterocycles. The van der Waals surface area contributed by atoms with Crippen molar-refractivity contribution in [1.29, 1.82) is 0 Å². The predicted octanol–water partition coefficient (Wildman–Crippen LogP) is 1.13. The Morgan fingerprint density at radius 1 is 1.30 bits per heavy atom. The Morgan fingerprint density at radius 3 is 2.57 bits per heavy atom. The summed E-state index contributed by atoms with van der Waals surface area (Å²) in [4.78, 5) is 23.7. The van der Waals surface area contributed by atoms with Crippen LogP contribution in [-0.4, -0.2) is 39.1 Å². The average Bonchev–Trinajstić information content (AvgIpc) is 3.05. The van der Waals surface area contributed by atoms with Gasteiger partial charge < -0.3 is 25.8 Å². The van der Waals surface area contributed by atoms with Gasteiger partial charge in [0.1, 0.15) is 0 Å². The second-order valence-corrected chi connectivity index (χ2v) is 5.56. The lowest BCUT2D eigenvalue weighted by molar-refractivity contribution is -0.116. The number of nitrogens with two attached hydrogens (primary N) is 1. The van der Waals surface area contributed by atoms with Crippen LogP contribution in [0.25, 0.3) is 0 Å². The molecule has 2 rings (SSSR count). The fourth-order valence-corrected chi connectivity index (χ4v) is 2.70. The zero-order valence-electron chi connectivity index (χ0n) is 13.5. The molecular formula is C16H23N3O4. The van der Waals surface area contributed by atoms with Crippen LogP contribution in [0.5, 0.6) is 11.5 Å². The molecule has 1 aliphatic rings. The van der Waals surface area contributed by atoms with E-state index < -0.39 is 5.91 Å². The van der Waals surface area contributed by atoms with Gasteiger partial charge in [-0.25, -0.2) is 0 Å². The number of hydrogen-bond acceptors (Lipinski definition) is 5. The number of anilines is 1. The first-order valence-electron chi connectivity index (χ1n) is 7.61. The van der Waals surface area contributed by atoms with Crippen LogP contribution in [-0.2, 0) is 4.79 Å². The molecular weight excluding hydrogens is 298 g/mol. The van der Waals surface area contributed by atoms with Crippen LogP contribution in [0.15, 0.2) is 12.1 Å². The molecule has 0 spiro atoms. The fourth-order valence-electron chi connectivity index (χ4n) is 2.70. The van der Waals surface area contributed by atoms with Crippen molar-refractivity contribution in [2.45, 2.75) is 19.3 Å². The van der Waals surface area contributed by atoms with E-state index in [0.29, 0.717) is 29.5 Å². The molecule has 7 nitrogen and oxygen atoms in total. The van der Waals surface area contributed by atoms with Crippen molar-refractivity contribution in [2.75, 3.05) is 32.6 Å². The van der Waals surface area contributed by atoms with E-state index in [1.165, 1.54) is 20.3 Å². The largest absolute Gasteiger partial charge is 0.493 e. The molecule has 1 unspecified atom stereocenters. The van der Waals surface area contributed by atoms with E-state index in [1.54, 1.807) is 6.07 Å². The summed E-state index contributed by atoms with van der Waals surface area (Å²) >= 11 is 0. The summed E-state index contributed by atoms with van der Waals surface area (Å²) in [5, 5.41) is 6.02. The first-order chi connectivity index (χ1) is 11.0. The SMILES string of the molecule is COc1cc(NC(=O)CCC2CCNC2)c(C(N)=O)cc1OC. The zero-order chi connectivity index (χ0) is 16.8. The van der Waals surface area contributed by atoms with E-state index in [1.807, 2.05) is 0 Å². The second-order valence-electron chi connectivity index (χ2n) is 5.56. The van der Waals surface area contributed by atoms with Crippen LogP contribution in [0, 0.1) is 5.92 Å². The normalized spacial score (nSPS) is 16.9. The summed E-state index contributed by atoms with van der Waals surface area (Å²) in [6.45, 7) is 1.96. The Hall–Kier alpha value is -2.28. The van der Waals surface area contributed by atoms with Gasteiger partial charge in [0.25, 0.3) is 5.91 Å². The lowest BCUT2D eigenvalue weighted by Crippen LogP contribution is -2.19. The zero-order valence-corrected chi connectivity index (χ0v) is 13.5. The van der Waals surface area contributed by atoms with Gasteiger partial charge in [-0.1, -0.05) is 0 Å². The monoisotopic (exact) mass is 321 g/mol. The number of hydrogen-bond donors (Lipinski definition) is 3. The number of ether oxygens (including phenoxy) is 2. The third-order valence-corrected chi connectivity index (χ3v) is 4.01. The van der Waals surface area contributed by atoms with Crippen LogP contribution in [0.4, 0.5) is 5.69 Å². The summed E-state index contributed by atoms with van der Waals surface area (Å²) in [5.41, 5.74) is 5.91. The summed E-state index contributed by atoms with van der Waals surface area (Å²) in [5.74, 6) is 0.554. The number of nitrogens with one attached hydrogen (secondary N) is 2. The average molecular weight is 321 g/mol. The molecule has 1 aromatic carbocycles. The first-order valence-corrected chi connectivity index (χ1v) is 7.61. The molecule has 0 aromatic heterocycles. The van der Waals surface area contributed by atoms with Gasteiger partial charge in [-0.2, -0.15) is 0 Å². The molecule has 2 amide bonds. The Labute approximate surface area is 135 Å². The molecule has 0 bridgehead atoms. The highest BCUT2D eigenvalue weighted by Gasteiger charge is 2.19. The highest BCUT2D eigenvalue weighted by atomic mass is 16.5. The number of primary amides is 1. The van der Waals surface area contributed by atoms with E-state index in [-0.39, 0.29) is 11.5 Å². The highest BCUT2D eigenvalue weighted by molar-refractivity contribution is 6.03. The van der Waals surface area contributed by atoms with Crippen LogP contribution in [0.2, 0.25) is 0 Å². The van der Waals surface area contributed by atoms with Gasteiger partial charge in [0, 0.05) is 12.5 Å². The third-order valence-electron chi connectivity index (χ3n) is 4.01. The highest BCUT2D eigenvalue weighted by Crippen LogP contribution is 2.33. The topological polar surface area (TPSA) is 103 Å². The van der Waals surface area contributed by atoms with E-state index in [2.05, 4.69) is 10.6 Å². The minimum Gasteiger partial charge on any atom is -0.493 e. The standard InChI is InChI=1S/C16H23N3O4/c1-22-13-7-11(16(17)21)12(8-14(13)23-2)19-15(20)4-3-10-5-6-18-9-10/h7-8,10,18H,3-6,9H2,1-2H3,(H2,17,21)(H,19,20). The molecule has 4 N–H and O–H groups in total. The Morgan fingerprint density at radius 2 is 2.00 bits per heavy atom. The van der Waals surface area contributed by atoms with Crippen molar-refractivity contribution in [2.24, 2.45) is 11.7 Å². The van der Waals surface area contributed by atoms with Gasteiger partial charge in [-0.15, -0.1) is 0 Å². The van der Waals surface area contributed by atoms with Crippen molar-refractivity contribution in [3.8, 4) is 11.5 Å². The second kappa shape index (κ2) is 7.82. The number of methoxy groups -OCH3 is 2. The predicted molar refractivity (Wildman–Crippen MR) is 86.9 cm³/mol. The molecule has 0 saturated carbocycles. The molecule has 126 valence electrons. The summed E-state index contributed by atoms with van der Waals surface area (Å²) < 4.78 is 10.3. The van der Waals surface area contributed by atoms with Crippen LogP contribution < -0.4 is 25.8 Å². The van der Waals surface area contributed by atoms with Crippen molar-refractivity contribution in [3.05, 3.63) is 17.7 Å². The molecule has 0 aliphatic carbocycles. The maximum absolute atomic E-state index is 12.1. The minimum absolute atomic E-state index is 0.147. The molecule has 1 atom stereocenters. The maximum Gasteiger partial charge on any atom is 0.250 e. The smallest absolute Gasteiger partial charge is 0.250 e. The van der Waals surface area contributed by atoms with Gasteiger partial charge >= 0.3 is 0 Å². The van der Waals surface area contributed by atoms with Gasteiger partial charge in [0.05, 0.1) is 25.5 Å². The number of rotatable bonds is 7. The van der Waals surface area contributed by atoms with Gasteiger partial charge in [0.15, 0.2) is 11.5 Å². The van der Waals surface area contributed by atoms with Crippen molar-refractivity contribution < 1.29 is 19.1 Å². The van der Waals surface area contributed by atoms with Crippen molar-refractivity contribution in [3.63, 3.8) is 0 Å². The van der Waals surface area contributed by atoms with Crippen LogP contribution in [0.1, 0.15) is 29.6 Å². The minimum atomic E-state index is -0.638. The maximum atomic E-state index is 12.1. The van der Waals surface area contributed by atoms with Gasteiger partial charge in [-0.05, 0) is 37.9 Å². The number of benzene rings is 1. The van der Waals surface area contributed by atoms with E-state index in [4.69, 9.17) is 15.2 Å². The molecule has 7 heteroatoms. The molecule has 1 heterocycles. The van der Waals surface area contributed by atoms with Crippen LogP contribution >= 0.6 is 0 Å². The van der Waals surface area contributed by atoms with E-state index in [9.17, 15) is 9.59 Å². The van der Waals surface area contributed by atoms with Gasteiger partial charge in [-0.3, -0.25) is 9.59 Å². The number of carbonyl (C=O) groups excluding carboxylic acids is 2. The Bertz CT molecular complexity index is 583. The number of amides is 2. The van der Waals surface area contributed by atoms with Gasteiger partial charge in [0.2, 0.25) is 5.91 Å². The molecule has 1 aromatic rings. The first kappa shape index (κ1) is 17.1. The molecule has 1 fully saturated rings. The lowest BCUT2D eigenvalue weighted by atomic mass is 10.0. The van der Waals surface area contributed by atoms with Crippen LogP contribution in [0.3, 0.4) is 0 Å².